The Morgan fingerprint density at radius 3 is 2.04 bits per heavy atom. The van der Waals surface area contributed by atoms with E-state index < -0.39 is 0 Å². The molecule has 23 heavy (non-hydrogen) atoms. The molecule has 1 aromatic carbocycles. The smallest absolute Gasteiger partial charge is 1.00 e. The summed E-state index contributed by atoms with van der Waals surface area (Å²) < 4.78 is 0. The fraction of sp³-hybridized carbons (Fsp3) is 0.529. The molecule has 0 unspecified atom stereocenters. The second-order valence-electron chi connectivity index (χ2n) is 5.83. The number of rotatable bonds is 2. The van der Waals surface area contributed by atoms with Crippen molar-refractivity contribution in [1.82, 2.24) is 9.80 Å². The molecule has 0 radical (unpaired) electrons. The first-order valence-electron chi connectivity index (χ1n) is 7.66. The molecule has 0 bridgehead atoms. The fourth-order valence-electron chi connectivity index (χ4n) is 2.64. The largest absolute Gasteiger partial charge is 2.00 e. The Bertz CT molecular complexity index is 412. The van der Waals surface area contributed by atoms with Crippen LogP contribution < -0.4 is 53.7 Å². The molecule has 2 aliphatic rings. The van der Waals surface area contributed by atoms with Crippen LogP contribution in [-0.2, 0) is 27.6 Å². The Hall–Kier alpha value is 0.668. The van der Waals surface area contributed by atoms with E-state index in [-0.39, 0.29) is 69.0 Å². The van der Waals surface area contributed by atoms with E-state index in [1.54, 1.807) is 0 Å². The number of halogens is 2. The van der Waals surface area contributed by atoms with Crippen molar-refractivity contribution in [2.75, 3.05) is 13.7 Å². The van der Waals surface area contributed by atoms with Gasteiger partial charge in [0.05, 0.1) is 6.67 Å². The molecule has 3 rings (SSSR count). The van der Waals surface area contributed by atoms with Gasteiger partial charge in [-0.05, 0) is 18.4 Å². The van der Waals surface area contributed by atoms with Crippen LogP contribution in [0.1, 0.15) is 37.7 Å². The minimum atomic E-state index is 0. The van der Waals surface area contributed by atoms with Gasteiger partial charge in [0.25, 0.3) is 0 Å². The quantitative estimate of drug-likeness (QED) is 0.334. The van der Waals surface area contributed by atoms with E-state index in [4.69, 9.17) is 5.73 Å². The summed E-state index contributed by atoms with van der Waals surface area (Å²) in [5, 5.41) is 0. The van der Waals surface area contributed by atoms with E-state index in [9.17, 15) is 0 Å². The van der Waals surface area contributed by atoms with E-state index >= 15 is 0 Å². The van der Waals surface area contributed by atoms with E-state index in [1.807, 2.05) is 0 Å². The first-order chi connectivity index (χ1) is 9.74. The maximum atomic E-state index is 5.63. The fourth-order valence-corrected chi connectivity index (χ4v) is 2.64. The van der Waals surface area contributed by atoms with Crippen molar-refractivity contribution in [2.24, 2.45) is 5.73 Å². The summed E-state index contributed by atoms with van der Waals surface area (Å²) in [6.07, 6.45) is 10.9. The Balaban J connectivity index is 0. The van der Waals surface area contributed by atoms with Crippen molar-refractivity contribution >= 4 is 0 Å². The van der Waals surface area contributed by atoms with Crippen LogP contribution in [-0.4, -0.2) is 29.6 Å². The number of hydrogen-bond acceptors (Lipinski definition) is 3. The zero-order chi connectivity index (χ0) is 14.2. The standard InChI is InChI=1S/C11H14N2.C6H13N.2HI.Pt/c1-12-7-8-13(10-12)9-11-5-3-2-4-6-11;7-6-4-2-1-3-5-6;;;/h2-8H,9-10H2,1H3;6H,1-5,7H2;2*1H;/q;;;;+2/p-2. The third-order valence-electron chi connectivity index (χ3n) is 3.82. The summed E-state index contributed by atoms with van der Waals surface area (Å²) in [6.45, 7) is 2.00. The first kappa shape index (κ1) is 25.9. The number of benzene rings is 1. The second kappa shape index (κ2) is 15.0. The van der Waals surface area contributed by atoms with Crippen LogP contribution >= 0.6 is 0 Å². The van der Waals surface area contributed by atoms with Crippen LogP contribution in [0.25, 0.3) is 0 Å². The molecule has 1 aliphatic heterocycles. The summed E-state index contributed by atoms with van der Waals surface area (Å²) in [5.41, 5.74) is 7.00. The molecule has 1 fully saturated rings. The molecule has 1 aromatic rings. The number of nitrogens with two attached hydrogens (primary N) is 1. The average molecular weight is 722 g/mol. The summed E-state index contributed by atoms with van der Waals surface area (Å²) in [7, 11) is 2.08. The Morgan fingerprint density at radius 2 is 1.61 bits per heavy atom. The molecular formula is C17H27I2N3Pt. The van der Waals surface area contributed by atoms with Gasteiger partial charge in [0, 0.05) is 32.0 Å². The molecule has 2 N–H and O–H groups in total. The van der Waals surface area contributed by atoms with Crippen LogP contribution in [0.2, 0.25) is 0 Å². The van der Waals surface area contributed by atoms with Crippen LogP contribution in [0.5, 0.6) is 0 Å². The Kier molecular flexibility index (Phi) is 16.9. The maximum absolute atomic E-state index is 5.63. The molecule has 0 spiro atoms. The molecule has 0 aromatic heterocycles. The maximum Gasteiger partial charge on any atom is 2.00 e. The molecule has 1 aliphatic carbocycles. The van der Waals surface area contributed by atoms with Gasteiger partial charge in [-0.15, -0.1) is 0 Å². The first-order valence-corrected chi connectivity index (χ1v) is 7.66. The van der Waals surface area contributed by atoms with Crippen molar-refractivity contribution in [3.8, 4) is 0 Å². The van der Waals surface area contributed by atoms with Gasteiger partial charge in [-0.3, -0.25) is 0 Å². The van der Waals surface area contributed by atoms with Crippen molar-refractivity contribution in [3.63, 3.8) is 0 Å². The molecule has 1 saturated carbocycles. The molecule has 0 atom stereocenters. The van der Waals surface area contributed by atoms with Gasteiger partial charge in [-0.1, -0.05) is 49.6 Å². The Morgan fingerprint density at radius 1 is 1.00 bits per heavy atom. The van der Waals surface area contributed by atoms with E-state index in [0.717, 1.165) is 13.2 Å². The number of hydrogen-bond donors (Lipinski definition) is 1. The van der Waals surface area contributed by atoms with Crippen molar-refractivity contribution in [2.45, 2.75) is 44.7 Å². The van der Waals surface area contributed by atoms with Crippen molar-refractivity contribution < 1.29 is 69.0 Å². The molecular weight excluding hydrogens is 695 g/mol. The number of nitrogens with zero attached hydrogens (tertiary/aromatic N) is 2. The average Bonchev–Trinajstić information content (AvgIpc) is 2.87. The van der Waals surface area contributed by atoms with Gasteiger partial charge < -0.3 is 63.5 Å². The summed E-state index contributed by atoms with van der Waals surface area (Å²) in [6, 6.07) is 11.1. The van der Waals surface area contributed by atoms with Crippen LogP contribution in [0.4, 0.5) is 0 Å². The Labute approximate surface area is 189 Å². The van der Waals surface area contributed by atoms with E-state index in [2.05, 4.69) is 59.6 Å². The van der Waals surface area contributed by atoms with Gasteiger partial charge in [0.15, 0.2) is 0 Å². The predicted octanol–water partition coefficient (Wildman–Crippen LogP) is -2.85. The summed E-state index contributed by atoms with van der Waals surface area (Å²) >= 11 is 0. The van der Waals surface area contributed by atoms with Gasteiger partial charge in [0.2, 0.25) is 0 Å². The molecule has 6 heteroatoms. The summed E-state index contributed by atoms with van der Waals surface area (Å²) in [5.74, 6) is 0. The minimum absolute atomic E-state index is 0. The van der Waals surface area contributed by atoms with Crippen molar-refractivity contribution in [1.29, 1.82) is 0 Å². The third-order valence-corrected chi connectivity index (χ3v) is 3.82. The van der Waals surface area contributed by atoms with Crippen LogP contribution in [0.15, 0.2) is 42.7 Å². The van der Waals surface area contributed by atoms with E-state index in [1.165, 1.54) is 37.7 Å². The third kappa shape index (κ3) is 11.0. The monoisotopic (exact) mass is 722 g/mol. The SMILES string of the molecule is CN1C=CN(Cc2ccccc2)C1.NC1CCCCC1.[I-].[I-].[Pt+2]. The topological polar surface area (TPSA) is 32.5 Å². The van der Waals surface area contributed by atoms with Crippen LogP contribution in [0.3, 0.4) is 0 Å². The summed E-state index contributed by atoms with van der Waals surface area (Å²) in [4.78, 5) is 4.46. The van der Waals surface area contributed by atoms with Crippen LogP contribution in [0, 0.1) is 0 Å². The van der Waals surface area contributed by atoms with Gasteiger partial charge in [0.1, 0.15) is 0 Å². The molecule has 1 heterocycles. The zero-order valence-corrected chi connectivity index (χ0v) is 20.2. The zero-order valence-electron chi connectivity index (χ0n) is 13.6. The van der Waals surface area contributed by atoms with Gasteiger partial charge in [-0.2, -0.15) is 0 Å². The normalized spacial score (nSPS) is 16.4. The van der Waals surface area contributed by atoms with Gasteiger partial charge >= 0.3 is 21.1 Å². The molecule has 3 nitrogen and oxygen atoms in total. The minimum Gasteiger partial charge on any atom is -1.00 e. The second-order valence-corrected chi connectivity index (χ2v) is 5.83. The van der Waals surface area contributed by atoms with Gasteiger partial charge in [-0.25, -0.2) is 0 Å². The molecule has 0 saturated heterocycles. The molecule has 134 valence electrons. The molecule has 0 amide bonds. The van der Waals surface area contributed by atoms with Crippen molar-refractivity contribution in [3.05, 3.63) is 48.3 Å². The van der Waals surface area contributed by atoms with E-state index in [0.29, 0.717) is 6.04 Å². The predicted molar refractivity (Wildman–Crippen MR) is 84.8 cm³/mol.